The Balaban J connectivity index is 4.69. The number of nitrogens with two attached hydrogens (primary N) is 2. The molecule has 90 valence electrons. The van der Waals surface area contributed by atoms with Gasteiger partial charge in [0.25, 0.3) is 0 Å². The molecule has 0 fully saturated rings. The Morgan fingerprint density at radius 2 is 1.27 bits per heavy atom. The van der Waals surface area contributed by atoms with Gasteiger partial charge in [0, 0.05) is 0 Å². The van der Waals surface area contributed by atoms with E-state index in [0.29, 0.717) is 24.6 Å². The van der Waals surface area contributed by atoms with E-state index in [1.54, 1.807) is 0 Å². The summed E-state index contributed by atoms with van der Waals surface area (Å²) in [4.78, 5) is 21.4. The average Bonchev–Trinajstić information content (AvgIpc) is 2.01. The van der Waals surface area contributed by atoms with Gasteiger partial charge in [-0.3, -0.25) is 9.59 Å². The van der Waals surface area contributed by atoms with E-state index in [1.807, 2.05) is 0 Å². The molecule has 0 heterocycles. The normalized spacial score (nSPS) is 12.4. The zero-order valence-corrected chi connectivity index (χ0v) is 9.33. The van der Waals surface area contributed by atoms with Crippen LogP contribution in [0.2, 0.25) is 0 Å². The highest BCUT2D eigenvalue weighted by atomic mass is 32.3. The lowest BCUT2D eigenvalue weighted by Crippen LogP contribution is -2.31. The molecular formula is C8H18N2O4S. The molecule has 0 aliphatic heterocycles. The number of hydrogen-bond donors (Lipinski definition) is 4. The Labute approximate surface area is 89.9 Å². The van der Waals surface area contributed by atoms with E-state index in [4.69, 9.17) is 21.7 Å². The van der Waals surface area contributed by atoms with Crippen LogP contribution < -0.4 is 11.5 Å². The minimum Gasteiger partial charge on any atom is -0.481 e. The number of hydrogen-bond acceptors (Lipinski definition) is 4. The Morgan fingerprint density at radius 1 is 0.933 bits per heavy atom. The molecule has 0 aliphatic carbocycles. The molecule has 0 rings (SSSR count). The Hall–Kier alpha value is -0.790. The number of rotatable bonds is 8. The molecule has 15 heavy (non-hydrogen) atoms. The molecule has 0 amide bonds. The van der Waals surface area contributed by atoms with Crippen LogP contribution >= 0.6 is 10.0 Å². The first-order chi connectivity index (χ1) is 6.95. The third-order valence-electron chi connectivity index (χ3n) is 1.96. The standard InChI is InChI=1S/C8H18N2O4S/c9-1-3-15(4-2-10,5-7(11)12)6-8(13)14/h1-6,9-10H2,(H,11,12)(H,13,14). The van der Waals surface area contributed by atoms with Gasteiger partial charge in [0.1, 0.15) is 0 Å². The molecule has 0 saturated carbocycles. The molecule has 6 nitrogen and oxygen atoms in total. The lowest BCUT2D eigenvalue weighted by Gasteiger charge is -2.36. The van der Waals surface area contributed by atoms with Gasteiger partial charge >= 0.3 is 11.9 Å². The SMILES string of the molecule is NCCS(CCN)(CC(=O)O)CC(=O)O. The van der Waals surface area contributed by atoms with Gasteiger partial charge < -0.3 is 21.7 Å². The first-order valence-electron chi connectivity index (χ1n) is 4.53. The molecule has 7 heteroatoms. The van der Waals surface area contributed by atoms with Crippen LogP contribution in [0.4, 0.5) is 0 Å². The van der Waals surface area contributed by atoms with Crippen molar-refractivity contribution < 1.29 is 19.8 Å². The van der Waals surface area contributed by atoms with Gasteiger partial charge in [0.15, 0.2) is 0 Å². The highest BCUT2D eigenvalue weighted by molar-refractivity contribution is 8.34. The number of aliphatic carboxylic acids is 2. The minimum atomic E-state index is -1.74. The Bertz CT molecular complexity index is 211. The maximum absolute atomic E-state index is 10.7. The van der Waals surface area contributed by atoms with E-state index in [1.165, 1.54) is 0 Å². The summed E-state index contributed by atoms with van der Waals surface area (Å²) in [7, 11) is -1.74. The average molecular weight is 238 g/mol. The van der Waals surface area contributed by atoms with E-state index in [-0.39, 0.29) is 11.5 Å². The second-order valence-corrected chi connectivity index (χ2v) is 7.13. The van der Waals surface area contributed by atoms with Crippen molar-refractivity contribution in [3.05, 3.63) is 0 Å². The monoisotopic (exact) mass is 238 g/mol. The predicted molar refractivity (Wildman–Crippen MR) is 60.4 cm³/mol. The maximum atomic E-state index is 10.7. The molecule has 0 radical (unpaired) electrons. The van der Waals surface area contributed by atoms with Crippen molar-refractivity contribution in [2.24, 2.45) is 11.5 Å². The van der Waals surface area contributed by atoms with Crippen molar-refractivity contribution in [1.82, 2.24) is 0 Å². The molecule has 0 aliphatic rings. The zero-order chi connectivity index (χ0) is 11.9. The summed E-state index contributed by atoms with van der Waals surface area (Å²) in [5.41, 5.74) is 10.8. The smallest absolute Gasteiger partial charge is 0.311 e. The topological polar surface area (TPSA) is 127 Å². The van der Waals surface area contributed by atoms with Crippen LogP contribution in [-0.4, -0.2) is 58.3 Å². The molecule has 0 saturated heterocycles. The maximum Gasteiger partial charge on any atom is 0.311 e. The number of carbonyl (C=O) groups is 2. The van der Waals surface area contributed by atoms with Crippen LogP contribution in [0, 0.1) is 0 Å². The third kappa shape index (κ3) is 5.60. The van der Waals surface area contributed by atoms with Gasteiger partial charge in [0.05, 0.1) is 11.5 Å². The van der Waals surface area contributed by atoms with Crippen molar-refractivity contribution >= 4 is 22.0 Å². The van der Waals surface area contributed by atoms with Crippen molar-refractivity contribution in [2.45, 2.75) is 0 Å². The van der Waals surface area contributed by atoms with Crippen molar-refractivity contribution in [2.75, 3.05) is 36.1 Å². The molecule has 6 N–H and O–H groups in total. The molecular weight excluding hydrogens is 220 g/mol. The minimum absolute atomic E-state index is 0.117. The van der Waals surface area contributed by atoms with Crippen LogP contribution in [0.5, 0.6) is 0 Å². The van der Waals surface area contributed by atoms with E-state index >= 15 is 0 Å². The number of carboxylic acid groups (broad SMARTS) is 2. The van der Waals surface area contributed by atoms with Gasteiger partial charge in [-0.05, 0) is 24.6 Å². The summed E-state index contributed by atoms with van der Waals surface area (Å²) in [6.45, 7) is 0.603. The van der Waals surface area contributed by atoms with E-state index in [9.17, 15) is 9.59 Å². The summed E-state index contributed by atoms with van der Waals surface area (Å²) in [6, 6.07) is 0. The largest absolute Gasteiger partial charge is 0.481 e. The van der Waals surface area contributed by atoms with E-state index in [0.717, 1.165) is 0 Å². The third-order valence-corrected chi connectivity index (χ3v) is 5.88. The lowest BCUT2D eigenvalue weighted by atomic mass is 10.8. The highest BCUT2D eigenvalue weighted by Crippen LogP contribution is 2.46. The molecule has 0 atom stereocenters. The number of carboxylic acids is 2. The van der Waals surface area contributed by atoms with Crippen LogP contribution in [0.15, 0.2) is 0 Å². The molecule has 0 aromatic heterocycles. The zero-order valence-electron chi connectivity index (χ0n) is 8.52. The van der Waals surface area contributed by atoms with Gasteiger partial charge in [0.2, 0.25) is 0 Å². The molecule has 0 aromatic carbocycles. The summed E-state index contributed by atoms with van der Waals surface area (Å²) in [6.07, 6.45) is 0. The fourth-order valence-corrected chi connectivity index (χ4v) is 4.40. The molecule has 0 spiro atoms. The van der Waals surface area contributed by atoms with Crippen LogP contribution in [0.1, 0.15) is 0 Å². The van der Waals surface area contributed by atoms with E-state index in [2.05, 4.69) is 0 Å². The summed E-state index contributed by atoms with van der Waals surface area (Å²) >= 11 is 0. The van der Waals surface area contributed by atoms with Crippen LogP contribution in [0.3, 0.4) is 0 Å². The fraction of sp³-hybridized carbons (Fsp3) is 0.750. The van der Waals surface area contributed by atoms with Gasteiger partial charge in [-0.25, -0.2) is 10.0 Å². The Morgan fingerprint density at radius 3 is 1.47 bits per heavy atom. The summed E-state index contributed by atoms with van der Waals surface area (Å²) in [5, 5.41) is 17.5. The fourth-order valence-electron chi connectivity index (χ4n) is 1.47. The van der Waals surface area contributed by atoms with Crippen LogP contribution in [0.25, 0.3) is 0 Å². The van der Waals surface area contributed by atoms with Gasteiger partial charge in [-0.1, -0.05) is 0 Å². The van der Waals surface area contributed by atoms with Crippen molar-refractivity contribution in [3.8, 4) is 0 Å². The quantitative estimate of drug-likeness (QED) is 0.424. The second-order valence-electron chi connectivity index (χ2n) is 3.29. The second kappa shape index (κ2) is 6.65. The predicted octanol–water partition coefficient (Wildman–Crippen LogP) is -1.12. The van der Waals surface area contributed by atoms with Crippen LogP contribution in [-0.2, 0) is 9.59 Å². The van der Waals surface area contributed by atoms with Crippen molar-refractivity contribution in [3.63, 3.8) is 0 Å². The molecule has 0 unspecified atom stereocenters. The lowest BCUT2D eigenvalue weighted by molar-refractivity contribution is -0.134. The molecule has 0 aromatic rings. The van der Waals surface area contributed by atoms with Gasteiger partial charge in [-0.15, -0.1) is 0 Å². The summed E-state index contributed by atoms with van der Waals surface area (Å²) < 4.78 is 0. The van der Waals surface area contributed by atoms with Crippen molar-refractivity contribution in [1.29, 1.82) is 0 Å². The highest BCUT2D eigenvalue weighted by Gasteiger charge is 2.28. The first-order valence-corrected chi connectivity index (χ1v) is 6.84. The van der Waals surface area contributed by atoms with E-state index < -0.39 is 22.0 Å². The Kier molecular flexibility index (Phi) is 6.30. The molecule has 0 bridgehead atoms. The van der Waals surface area contributed by atoms with Gasteiger partial charge in [-0.2, -0.15) is 0 Å². The first kappa shape index (κ1) is 14.2. The summed E-state index contributed by atoms with van der Waals surface area (Å²) in [5.74, 6) is -1.30.